The smallest absolute Gasteiger partial charge is 0.365 e. The van der Waals surface area contributed by atoms with Crippen molar-refractivity contribution in [2.24, 2.45) is 5.16 Å². The summed E-state index contributed by atoms with van der Waals surface area (Å²) in [5, 5.41) is 7.66. The second-order valence-electron chi connectivity index (χ2n) is 5.43. The van der Waals surface area contributed by atoms with Crippen molar-refractivity contribution in [2.75, 3.05) is 0 Å². The molecule has 3 rings (SSSR count). The molecule has 5 nitrogen and oxygen atoms in total. The molecule has 0 aliphatic carbocycles. The number of aromatic nitrogens is 1. The fourth-order valence-corrected chi connectivity index (χ4v) is 3.02. The molecule has 0 fully saturated rings. The molecule has 0 aliphatic heterocycles. The molecule has 0 radical (unpaired) electrons. The Morgan fingerprint density at radius 2 is 1.70 bits per heavy atom. The van der Waals surface area contributed by atoms with E-state index in [1.807, 2.05) is 5.38 Å². The van der Waals surface area contributed by atoms with E-state index in [0.29, 0.717) is 39.4 Å². The Hall–Kier alpha value is -2.41. The maximum Gasteiger partial charge on any atom is 0.365 e. The van der Waals surface area contributed by atoms with E-state index in [0.717, 1.165) is 5.01 Å². The van der Waals surface area contributed by atoms with Gasteiger partial charge < -0.3 is 9.57 Å². The first-order chi connectivity index (χ1) is 13.0. The van der Waals surface area contributed by atoms with Gasteiger partial charge in [-0.2, -0.15) is 0 Å². The third-order valence-electron chi connectivity index (χ3n) is 3.44. The van der Waals surface area contributed by atoms with Crippen LogP contribution in [0.25, 0.3) is 0 Å². The van der Waals surface area contributed by atoms with Gasteiger partial charge in [0.25, 0.3) is 0 Å². The lowest BCUT2D eigenvalue weighted by Gasteiger charge is -2.03. The number of thiazole rings is 1. The Morgan fingerprint density at radius 1 is 1.07 bits per heavy atom. The summed E-state index contributed by atoms with van der Waals surface area (Å²) in [5.74, 6) is 0.144. The van der Waals surface area contributed by atoms with E-state index >= 15 is 0 Å². The molecule has 138 valence electrons. The molecule has 3 aromatic rings. The number of benzene rings is 2. The molecule has 27 heavy (non-hydrogen) atoms. The molecule has 0 spiro atoms. The lowest BCUT2D eigenvalue weighted by molar-refractivity contribution is 0.0516. The van der Waals surface area contributed by atoms with Gasteiger partial charge in [-0.15, -0.1) is 11.3 Å². The summed E-state index contributed by atoms with van der Waals surface area (Å²) in [6.45, 7) is 2.04. The zero-order valence-electron chi connectivity index (χ0n) is 14.2. The average Bonchev–Trinajstić information content (AvgIpc) is 3.15. The highest BCUT2D eigenvalue weighted by atomic mass is 35.5. The van der Waals surface area contributed by atoms with Crippen molar-refractivity contribution in [3.05, 3.63) is 80.2 Å². The first kappa shape index (κ1) is 19.4. The number of ether oxygens (including phenoxy) is 1. The van der Waals surface area contributed by atoms with Crippen molar-refractivity contribution >= 4 is 46.2 Å². The van der Waals surface area contributed by atoms with Crippen LogP contribution in [0.3, 0.4) is 0 Å². The van der Waals surface area contributed by atoms with Crippen molar-refractivity contribution in [1.29, 1.82) is 0 Å². The Morgan fingerprint density at radius 3 is 2.37 bits per heavy atom. The van der Waals surface area contributed by atoms with Crippen LogP contribution in [0.5, 0.6) is 5.75 Å². The number of hydrogen-bond acceptors (Lipinski definition) is 6. The number of rotatable bonds is 6. The molecule has 0 atom stereocenters. The van der Waals surface area contributed by atoms with Crippen molar-refractivity contribution in [3.8, 4) is 5.75 Å². The average molecular weight is 421 g/mol. The second kappa shape index (κ2) is 8.99. The fourth-order valence-electron chi connectivity index (χ4n) is 2.01. The minimum atomic E-state index is -0.562. The number of carbonyl (C=O) groups excluding carboxylic acids is 1. The van der Waals surface area contributed by atoms with Crippen LogP contribution in [0.15, 0.2) is 59.1 Å². The molecule has 1 aromatic heterocycles. The third-order valence-corrected chi connectivity index (χ3v) is 4.77. The Kier molecular flexibility index (Phi) is 6.45. The van der Waals surface area contributed by atoms with Gasteiger partial charge in [0.15, 0.2) is 0 Å². The van der Waals surface area contributed by atoms with E-state index in [9.17, 15) is 4.79 Å². The molecular weight excluding hydrogens is 407 g/mol. The van der Waals surface area contributed by atoms with Gasteiger partial charge in [0, 0.05) is 15.4 Å². The van der Waals surface area contributed by atoms with E-state index in [1.165, 1.54) is 11.3 Å². The summed E-state index contributed by atoms with van der Waals surface area (Å²) < 4.78 is 5.66. The van der Waals surface area contributed by atoms with Gasteiger partial charge in [0.1, 0.15) is 23.1 Å². The molecule has 1 heterocycles. The van der Waals surface area contributed by atoms with Gasteiger partial charge in [0.05, 0.1) is 11.3 Å². The van der Waals surface area contributed by atoms with Gasteiger partial charge >= 0.3 is 5.97 Å². The van der Waals surface area contributed by atoms with E-state index < -0.39 is 5.97 Å². The zero-order valence-corrected chi connectivity index (χ0v) is 16.5. The van der Waals surface area contributed by atoms with E-state index in [4.69, 9.17) is 32.8 Å². The van der Waals surface area contributed by atoms with Gasteiger partial charge in [-0.3, -0.25) is 0 Å². The summed E-state index contributed by atoms with van der Waals surface area (Å²) >= 11 is 13.1. The monoisotopic (exact) mass is 420 g/mol. The molecule has 0 N–H and O–H groups in total. The molecule has 2 aromatic carbocycles. The van der Waals surface area contributed by atoms with Crippen molar-refractivity contribution in [1.82, 2.24) is 4.98 Å². The fraction of sp³-hybridized carbons (Fsp3) is 0.105. The van der Waals surface area contributed by atoms with Gasteiger partial charge in [-0.05, 0) is 55.5 Å². The molecule has 0 bridgehead atoms. The van der Waals surface area contributed by atoms with E-state index in [2.05, 4.69) is 10.1 Å². The zero-order chi connectivity index (χ0) is 19.2. The van der Waals surface area contributed by atoms with Crippen molar-refractivity contribution < 1.29 is 14.4 Å². The lowest BCUT2D eigenvalue weighted by Crippen LogP contribution is -2.04. The molecule has 0 saturated carbocycles. The SMILES string of the molecule is CC(=NOC(=O)c1ccc(Cl)cc1)c1csc(COc2ccc(Cl)cc2)n1. The number of nitrogens with zero attached hydrogens (tertiary/aromatic N) is 2. The van der Waals surface area contributed by atoms with Crippen LogP contribution in [0.1, 0.15) is 28.0 Å². The van der Waals surface area contributed by atoms with Gasteiger partial charge in [-0.1, -0.05) is 28.4 Å². The molecular formula is C19H14Cl2N2O3S. The first-order valence-electron chi connectivity index (χ1n) is 7.86. The van der Waals surface area contributed by atoms with Gasteiger partial charge in [0.2, 0.25) is 0 Å². The third kappa shape index (κ3) is 5.53. The predicted molar refractivity (Wildman–Crippen MR) is 107 cm³/mol. The van der Waals surface area contributed by atoms with Crippen LogP contribution in [0.4, 0.5) is 0 Å². The molecule has 0 amide bonds. The molecule has 0 unspecified atom stereocenters. The maximum atomic E-state index is 12.0. The van der Waals surface area contributed by atoms with Crippen molar-refractivity contribution in [3.63, 3.8) is 0 Å². The molecule has 0 saturated heterocycles. The van der Waals surface area contributed by atoms with Crippen LogP contribution in [-0.4, -0.2) is 16.7 Å². The highest BCUT2D eigenvalue weighted by Crippen LogP contribution is 2.18. The van der Waals surface area contributed by atoms with Crippen molar-refractivity contribution in [2.45, 2.75) is 13.5 Å². The Labute approximate surface area is 170 Å². The van der Waals surface area contributed by atoms with Crippen LogP contribution in [0, 0.1) is 0 Å². The molecule has 8 heteroatoms. The minimum absolute atomic E-state index is 0.324. The number of oxime groups is 1. The number of carbonyl (C=O) groups is 1. The van der Waals surface area contributed by atoms with Crippen LogP contribution in [-0.2, 0) is 11.4 Å². The number of halogens is 2. The summed E-state index contributed by atoms with van der Waals surface area (Å²) in [6, 6.07) is 13.5. The summed E-state index contributed by atoms with van der Waals surface area (Å²) in [4.78, 5) is 21.4. The van der Waals surface area contributed by atoms with Gasteiger partial charge in [-0.25, -0.2) is 9.78 Å². The molecule has 0 aliphatic rings. The minimum Gasteiger partial charge on any atom is -0.486 e. The van der Waals surface area contributed by atoms with Crippen LogP contribution in [0.2, 0.25) is 10.0 Å². The summed E-state index contributed by atoms with van der Waals surface area (Å²) in [5.41, 5.74) is 1.48. The Bertz CT molecular complexity index is 954. The highest BCUT2D eigenvalue weighted by Gasteiger charge is 2.10. The standard InChI is InChI=1S/C19H14Cl2N2O3S/c1-12(23-26-19(24)13-2-4-14(20)5-3-13)17-11-27-18(22-17)10-25-16-8-6-15(21)7-9-16/h2-9,11H,10H2,1H3. The quantitative estimate of drug-likeness (QED) is 0.295. The largest absolute Gasteiger partial charge is 0.486 e. The topological polar surface area (TPSA) is 60.8 Å². The normalized spacial score (nSPS) is 11.3. The second-order valence-corrected chi connectivity index (χ2v) is 7.25. The lowest BCUT2D eigenvalue weighted by atomic mass is 10.2. The maximum absolute atomic E-state index is 12.0. The Balaban J connectivity index is 1.57. The number of hydrogen-bond donors (Lipinski definition) is 0. The van der Waals surface area contributed by atoms with Crippen LogP contribution < -0.4 is 4.74 Å². The highest BCUT2D eigenvalue weighted by molar-refractivity contribution is 7.09. The van der Waals surface area contributed by atoms with E-state index in [1.54, 1.807) is 55.5 Å². The summed E-state index contributed by atoms with van der Waals surface area (Å²) in [6.07, 6.45) is 0. The first-order valence-corrected chi connectivity index (χ1v) is 9.49. The summed E-state index contributed by atoms with van der Waals surface area (Å²) in [7, 11) is 0. The van der Waals surface area contributed by atoms with Crippen LogP contribution >= 0.6 is 34.5 Å². The van der Waals surface area contributed by atoms with E-state index in [-0.39, 0.29) is 0 Å². The predicted octanol–water partition coefficient (Wildman–Crippen LogP) is 5.61.